The van der Waals surface area contributed by atoms with Gasteiger partial charge in [-0.15, -0.1) is 22.7 Å². The quantitative estimate of drug-likeness (QED) is 0.621. The fourth-order valence-electron chi connectivity index (χ4n) is 2.06. The summed E-state index contributed by atoms with van der Waals surface area (Å²) in [5.74, 6) is 0.281. The first-order valence-electron chi connectivity index (χ1n) is 6.73. The summed E-state index contributed by atoms with van der Waals surface area (Å²) in [6.45, 7) is 1.81. The Morgan fingerprint density at radius 3 is 2.32 bits per heavy atom. The smallest absolute Gasteiger partial charge is 0.115 e. The molecule has 0 aliphatic heterocycles. The van der Waals surface area contributed by atoms with Gasteiger partial charge in [0.25, 0.3) is 0 Å². The predicted molar refractivity (Wildman–Crippen MR) is 94.0 cm³/mol. The molecule has 0 bridgehead atoms. The second kappa shape index (κ2) is 6.18. The highest BCUT2D eigenvalue weighted by atomic mass is 32.1. The zero-order valence-corrected chi connectivity index (χ0v) is 13.5. The highest BCUT2D eigenvalue weighted by Crippen LogP contribution is 2.38. The SMILES string of the molecule is C/C(C#N)=C/c1ccc(-c2ccc(-c3ccc(O)cc3)s2)s1. The van der Waals surface area contributed by atoms with Crippen molar-refractivity contribution in [1.82, 2.24) is 0 Å². The average Bonchev–Trinajstić information content (AvgIpc) is 3.17. The molecule has 0 saturated carbocycles. The molecule has 2 heterocycles. The summed E-state index contributed by atoms with van der Waals surface area (Å²) in [6.07, 6.45) is 1.91. The number of phenols is 1. The van der Waals surface area contributed by atoms with E-state index in [4.69, 9.17) is 5.26 Å². The number of rotatable bonds is 3. The summed E-state index contributed by atoms with van der Waals surface area (Å²) in [7, 11) is 0. The average molecular weight is 323 g/mol. The van der Waals surface area contributed by atoms with Gasteiger partial charge in [0, 0.05) is 25.1 Å². The van der Waals surface area contributed by atoms with Gasteiger partial charge in [0.2, 0.25) is 0 Å². The number of nitriles is 1. The predicted octanol–water partition coefficient (Wildman–Crippen LogP) is 5.78. The molecule has 22 heavy (non-hydrogen) atoms. The number of hydrogen-bond acceptors (Lipinski definition) is 4. The van der Waals surface area contributed by atoms with Crippen LogP contribution in [0.5, 0.6) is 5.75 Å². The largest absolute Gasteiger partial charge is 0.508 e. The van der Waals surface area contributed by atoms with Gasteiger partial charge >= 0.3 is 0 Å². The van der Waals surface area contributed by atoms with Crippen molar-refractivity contribution >= 4 is 28.7 Å². The normalized spacial score (nSPS) is 11.4. The molecule has 1 N–H and O–H groups in total. The molecule has 3 aromatic rings. The van der Waals surface area contributed by atoms with Gasteiger partial charge < -0.3 is 5.11 Å². The van der Waals surface area contributed by atoms with Gasteiger partial charge in [-0.3, -0.25) is 0 Å². The molecule has 0 aliphatic carbocycles. The molecule has 1 aromatic carbocycles. The number of aromatic hydroxyl groups is 1. The van der Waals surface area contributed by atoms with Gasteiger partial charge in [0.05, 0.1) is 6.07 Å². The van der Waals surface area contributed by atoms with E-state index in [1.807, 2.05) is 31.2 Å². The third kappa shape index (κ3) is 3.11. The maximum atomic E-state index is 9.36. The minimum Gasteiger partial charge on any atom is -0.508 e. The molecule has 2 aromatic heterocycles. The van der Waals surface area contributed by atoms with E-state index in [1.165, 1.54) is 14.6 Å². The van der Waals surface area contributed by atoms with Crippen LogP contribution in [-0.2, 0) is 0 Å². The summed E-state index contributed by atoms with van der Waals surface area (Å²) in [5, 5.41) is 18.2. The molecule has 0 saturated heterocycles. The van der Waals surface area contributed by atoms with Crippen LogP contribution in [0, 0.1) is 11.3 Å². The first kappa shape index (κ1) is 14.6. The van der Waals surface area contributed by atoms with Crippen molar-refractivity contribution in [3.8, 4) is 32.0 Å². The molecule has 0 fully saturated rings. The monoisotopic (exact) mass is 323 g/mol. The van der Waals surface area contributed by atoms with Crippen molar-refractivity contribution in [1.29, 1.82) is 5.26 Å². The summed E-state index contributed by atoms with van der Waals surface area (Å²) in [5.41, 5.74) is 1.82. The van der Waals surface area contributed by atoms with Crippen LogP contribution in [-0.4, -0.2) is 5.11 Å². The van der Waals surface area contributed by atoms with Crippen molar-refractivity contribution < 1.29 is 5.11 Å². The Balaban J connectivity index is 1.88. The number of allylic oxidation sites excluding steroid dienone is 1. The van der Waals surface area contributed by atoms with Crippen molar-refractivity contribution in [2.45, 2.75) is 6.92 Å². The Labute approximate surface area is 137 Å². The number of hydrogen-bond donors (Lipinski definition) is 1. The van der Waals surface area contributed by atoms with Crippen LogP contribution in [0.25, 0.3) is 26.3 Å². The second-order valence-electron chi connectivity index (χ2n) is 4.85. The molecule has 108 valence electrons. The molecule has 0 amide bonds. The molecular weight excluding hydrogens is 310 g/mol. The lowest BCUT2D eigenvalue weighted by Gasteiger charge is -1.97. The first-order valence-corrected chi connectivity index (χ1v) is 8.37. The number of nitrogens with zero attached hydrogens (tertiary/aromatic N) is 1. The van der Waals surface area contributed by atoms with Crippen molar-refractivity contribution in [3.05, 3.63) is 59.0 Å². The summed E-state index contributed by atoms with van der Waals surface area (Å²) < 4.78 is 0. The zero-order chi connectivity index (χ0) is 15.5. The summed E-state index contributed by atoms with van der Waals surface area (Å²) in [4.78, 5) is 4.68. The molecule has 0 atom stereocenters. The lowest BCUT2D eigenvalue weighted by molar-refractivity contribution is 0.475. The molecule has 0 spiro atoms. The molecule has 2 nitrogen and oxygen atoms in total. The van der Waals surface area contributed by atoms with E-state index in [-0.39, 0.29) is 5.75 Å². The first-order chi connectivity index (χ1) is 10.7. The van der Waals surface area contributed by atoms with Crippen LogP contribution in [0.4, 0.5) is 0 Å². The van der Waals surface area contributed by atoms with E-state index < -0.39 is 0 Å². The van der Waals surface area contributed by atoms with Crippen LogP contribution in [0.3, 0.4) is 0 Å². The van der Waals surface area contributed by atoms with Crippen LogP contribution >= 0.6 is 22.7 Å². The third-order valence-electron chi connectivity index (χ3n) is 3.16. The van der Waals surface area contributed by atoms with E-state index in [1.54, 1.807) is 34.8 Å². The van der Waals surface area contributed by atoms with Crippen LogP contribution < -0.4 is 0 Å². The van der Waals surface area contributed by atoms with E-state index in [0.717, 1.165) is 10.4 Å². The van der Waals surface area contributed by atoms with Crippen molar-refractivity contribution in [2.24, 2.45) is 0 Å². The maximum absolute atomic E-state index is 9.36. The molecule has 4 heteroatoms. The van der Waals surface area contributed by atoms with E-state index in [2.05, 4.69) is 24.3 Å². The topological polar surface area (TPSA) is 44.0 Å². The van der Waals surface area contributed by atoms with E-state index in [0.29, 0.717) is 5.57 Å². The lowest BCUT2D eigenvalue weighted by Crippen LogP contribution is -1.69. The third-order valence-corrected chi connectivity index (χ3v) is 5.52. The number of thiophene rings is 2. The van der Waals surface area contributed by atoms with E-state index >= 15 is 0 Å². The molecule has 0 radical (unpaired) electrons. The molecule has 0 aliphatic rings. The van der Waals surface area contributed by atoms with Gasteiger partial charge in [0.1, 0.15) is 5.75 Å². The number of benzene rings is 1. The van der Waals surface area contributed by atoms with Gasteiger partial charge in [-0.1, -0.05) is 0 Å². The Morgan fingerprint density at radius 2 is 1.59 bits per heavy atom. The molecular formula is C18H13NOS2. The van der Waals surface area contributed by atoms with Crippen molar-refractivity contribution in [2.75, 3.05) is 0 Å². The Morgan fingerprint density at radius 1 is 0.955 bits per heavy atom. The Bertz CT molecular complexity index is 863. The number of phenolic OH excluding ortho intramolecular Hbond substituents is 1. The second-order valence-corrected chi connectivity index (χ2v) is 7.05. The van der Waals surface area contributed by atoms with Crippen LogP contribution in [0.1, 0.15) is 11.8 Å². The lowest BCUT2D eigenvalue weighted by atomic mass is 10.2. The highest BCUT2D eigenvalue weighted by Gasteiger charge is 2.07. The van der Waals surface area contributed by atoms with Crippen LogP contribution in [0.2, 0.25) is 0 Å². The zero-order valence-electron chi connectivity index (χ0n) is 11.9. The van der Waals surface area contributed by atoms with Gasteiger partial charge in [0.15, 0.2) is 0 Å². The molecule has 0 unspecified atom stereocenters. The fourth-order valence-corrected chi connectivity index (χ4v) is 4.17. The Kier molecular flexibility index (Phi) is 4.10. The fraction of sp³-hybridized carbons (Fsp3) is 0.0556. The summed E-state index contributed by atoms with van der Waals surface area (Å²) >= 11 is 3.41. The molecule has 3 rings (SSSR count). The highest BCUT2D eigenvalue weighted by molar-refractivity contribution is 7.24. The summed E-state index contributed by atoms with van der Waals surface area (Å²) in [6, 6.07) is 17.7. The van der Waals surface area contributed by atoms with Crippen molar-refractivity contribution in [3.63, 3.8) is 0 Å². The minimum absolute atomic E-state index is 0.281. The Hall–Kier alpha value is -2.35. The van der Waals surface area contributed by atoms with Gasteiger partial charge in [-0.25, -0.2) is 0 Å². The maximum Gasteiger partial charge on any atom is 0.115 e. The van der Waals surface area contributed by atoms with E-state index in [9.17, 15) is 5.11 Å². The van der Waals surface area contributed by atoms with Gasteiger partial charge in [-0.05, 0) is 67.1 Å². The standard InChI is InChI=1S/C18H13NOS2/c1-12(11-19)10-15-6-7-17(21-15)18-9-8-16(22-18)13-2-4-14(20)5-3-13/h2-10,20H,1H3/b12-10-. The van der Waals surface area contributed by atoms with Crippen LogP contribution in [0.15, 0.2) is 54.1 Å². The minimum atomic E-state index is 0.281. The van der Waals surface area contributed by atoms with Gasteiger partial charge in [-0.2, -0.15) is 5.26 Å².